The predicted molar refractivity (Wildman–Crippen MR) is 87.4 cm³/mol. The minimum atomic E-state index is 0.1000. The quantitative estimate of drug-likeness (QED) is 0.740. The van der Waals surface area contributed by atoms with Gasteiger partial charge in [-0.25, -0.2) is 0 Å². The molecule has 0 saturated carbocycles. The van der Waals surface area contributed by atoms with E-state index in [9.17, 15) is 0 Å². The van der Waals surface area contributed by atoms with Gasteiger partial charge in [-0.1, -0.05) is 19.1 Å². The van der Waals surface area contributed by atoms with E-state index < -0.39 is 0 Å². The van der Waals surface area contributed by atoms with Crippen LogP contribution in [0.25, 0.3) is 0 Å². The van der Waals surface area contributed by atoms with Gasteiger partial charge < -0.3 is 9.64 Å². The van der Waals surface area contributed by atoms with Crippen LogP contribution in [0.15, 0.2) is 18.2 Å². The zero-order chi connectivity index (χ0) is 14.9. The molecule has 2 atom stereocenters. The molecule has 0 amide bonds. The lowest BCUT2D eigenvalue weighted by Gasteiger charge is -2.48. The average molecular weight is 296 g/mol. The van der Waals surface area contributed by atoms with Gasteiger partial charge in [-0.05, 0) is 51.7 Å². The third-order valence-corrected chi connectivity index (χ3v) is 4.24. The lowest BCUT2D eigenvalue weighted by atomic mass is 9.79. The molecule has 2 unspecified atom stereocenters. The maximum Gasteiger partial charge on any atom is 0.142 e. The molecule has 0 saturated heterocycles. The van der Waals surface area contributed by atoms with Gasteiger partial charge in [0.25, 0.3) is 0 Å². The van der Waals surface area contributed by atoms with E-state index in [4.69, 9.17) is 16.3 Å². The Hall–Kier alpha value is -0.890. The second-order valence-electron chi connectivity index (χ2n) is 6.44. The van der Waals surface area contributed by atoms with E-state index in [2.05, 4.69) is 50.8 Å². The van der Waals surface area contributed by atoms with E-state index in [0.717, 1.165) is 18.7 Å². The number of hydrogen-bond acceptors (Lipinski definition) is 2. The Morgan fingerprint density at radius 2 is 2.15 bits per heavy atom. The lowest BCUT2D eigenvalue weighted by molar-refractivity contribution is 0.325. The Morgan fingerprint density at radius 1 is 1.45 bits per heavy atom. The van der Waals surface area contributed by atoms with Gasteiger partial charge in [-0.3, -0.25) is 0 Å². The summed E-state index contributed by atoms with van der Waals surface area (Å²) in [5.41, 5.74) is 2.72. The predicted octanol–water partition coefficient (Wildman–Crippen LogP) is 4.80. The molecule has 2 rings (SSSR count). The number of nitrogens with zero attached hydrogens (tertiary/aromatic N) is 1. The first-order chi connectivity index (χ1) is 9.36. The molecule has 1 aliphatic heterocycles. The number of anilines is 1. The normalized spacial score (nSPS) is 22.3. The Kier molecular flexibility index (Phi) is 4.53. The molecule has 1 heterocycles. The van der Waals surface area contributed by atoms with E-state index in [1.165, 1.54) is 11.3 Å². The van der Waals surface area contributed by atoms with Crippen molar-refractivity contribution < 1.29 is 4.74 Å². The van der Waals surface area contributed by atoms with Crippen LogP contribution >= 0.6 is 11.6 Å². The van der Waals surface area contributed by atoms with Crippen molar-refractivity contribution in [3.8, 4) is 5.75 Å². The monoisotopic (exact) mass is 295 g/mol. The Labute approximate surface area is 128 Å². The topological polar surface area (TPSA) is 12.5 Å². The highest BCUT2D eigenvalue weighted by Crippen LogP contribution is 2.47. The fourth-order valence-electron chi connectivity index (χ4n) is 3.36. The average Bonchev–Trinajstić information content (AvgIpc) is 2.34. The molecule has 20 heavy (non-hydrogen) atoms. The third-order valence-electron chi connectivity index (χ3n) is 4.10. The molecular weight excluding hydrogens is 270 g/mol. The lowest BCUT2D eigenvalue weighted by Crippen LogP contribution is -2.50. The summed E-state index contributed by atoms with van der Waals surface area (Å²) in [5, 5.41) is 0.116. The highest BCUT2D eigenvalue weighted by molar-refractivity contribution is 6.20. The number of halogens is 1. The van der Waals surface area contributed by atoms with E-state index >= 15 is 0 Å². The van der Waals surface area contributed by atoms with Crippen LogP contribution in [-0.4, -0.2) is 24.1 Å². The van der Waals surface area contributed by atoms with Crippen LogP contribution in [0.1, 0.15) is 52.5 Å². The summed E-state index contributed by atoms with van der Waals surface area (Å²) in [5.74, 6) is 1.53. The van der Waals surface area contributed by atoms with Crippen molar-refractivity contribution in [2.45, 2.75) is 57.9 Å². The molecule has 0 bridgehead atoms. The maximum absolute atomic E-state index is 6.29. The van der Waals surface area contributed by atoms with Crippen LogP contribution in [0.5, 0.6) is 5.75 Å². The number of ether oxygens (including phenoxy) is 1. The van der Waals surface area contributed by atoms with Crippen molar-refractivity contribution in [3.63, 3.8) is 0 Å². The molecule has 0 aromatic heterocycles. The molecule has 112 valence electrons. The van der Waals surface area contributed by atoms with E-state index in [1.807, 2.05) is 6.92 Å². The standard InChI is InChI=1S/C17H26ClNO/c1-6-20-15-9-7-8-14-12(2)10-17(4,5)19(16(14)15)11-13(3)18/h7-9,12-13H,6,10-11H2,1-5H3. The van der Waals surface area contributed by atoms with E-state index in [-0.39, 0.29) is 10.9 Å². The van der Waals surface area contributed by atoms with Crippen LogP contribution in [0.2, 0.25) is 0 Å². The van der Waals surface area contributed by atoms with Crippen molar-refractivity contribution in [1.82, 2.24) is 0 Å². The molecule has 1 aromatic carbocycles. The number of rotatable bonds is 4. The Balaban J connectivity index is 2.54. The fourth-order valence-corrected chi connectivity index (χ4v) is 3.50. The summed E-state index contributed by atoms with van der Waals surface area (Å²) in [6.07, 6.45) is 1.14. The molecule has 0 fully saturated rings. The molecule has 0 aliphatic carbocycles. The van der Waals surface area contributed by atoms with Crippen LogP contribution in [0.4, 0.5) is 5.69 Å². The SMILES string of the molecule is CCOc1cccc2c1N(CC(C)Cl)C(C)(C)CC2C. The van der Waals surface area contributed by atoms with Crippen LogP contribution in [-0.2, 0) is 0 Å². The van der Waals surface area contributed by atoms with Gasteiger partial charge >= 0.3 is 0 Å². The minimum absolute atomic E-state index is 0.1000. The molecule has 1 aromatic rings. The summed E-state index contributed by atoms with van der Waals surface area (Å²) in [6, 6.07) is 6.40. The molecule has 0 N–H and O–H groups in total. The highest BCUT2D eigenvalue weighted by Gasteiger charge is 2.38. The minimum Gasteiger partial charge on any atom is -0.492 e. The number of alkyl halides is 1. The van der Waals surface area contributed by atoms with Crippen molar-refractivity contribution >= 4 is 17.3 Å². The first-order valence-electron chi connectivity index (χ1n) is 7.54. The number of fused-ring (bicyclic) bond motifs is 1. The zero-order valence-electron chi connectivity index (χ0n) is 13.2. The van der Waals surface area contributed by atoms with Crippen LogP contribution < -0.4 is 9.64 Å². The van der Waals surface area contributed by atoms with Gasteiger partial charge in [-0.15, -0.1) is 11.6 Å². The number of benzene rings is 1. The van der Waals surface area contributed by atoms with Gasteiger partial charge in [0.05, 0.1) is 12.3 Å². The van der Waals surface area contributed by atoms with Crippen molar-refractivity contribution in [2.24, 2.45) is 0 Å². The van der Waals surface area contributed by atoms with E-state index in [0.29, 0.717) is 12.5 Å². The fraction of sp³-hybridized carbons (Fsp3) is 0.647. The van der Waals surface area contributed by atoms with Gasteiger partial charge in [0.15, 0.2) is 0 Å². The molecule has 2 nitrogen and oxygen atoms in total. The van der Waals surface area contributed by atoms with Gasteiger partial charge in [0, 0.05) is 17.5 Å². The van der Waals surface area contributed by atoms with Crippen LogP contribution in [0.3, 0.4) is 0 Å². The van der Waals surface area contributed by atoms with E-state index in [1.54, 1.807) is 0 Å². The maximum atomic E-state index is 6.29. The second-order valence-corrected chi connectivity index (χ2v) is 7.18. The molecule has 3 heteroatoms. The first kappa shape index (κ1) is 15.5. The number of hydrogen-bond donors (Lipinski definition) is 0. The Bertz CT molecular complexity index is 470. The van der Waals surface area contributed by atoms with Gasteiger partial charge in [-0.2, -0.15) is 0 Å². The highest BCUT2D eigenvalue weighted by atomic mass is 35.5. The molecular formula is C17H26ClNO. The van der Waals surface area contributed by atoms with Crippen LogP contribution in [0, 0.1) is 0 Å². The van der Waals surface area contributed by atoms with Crippen molar-refractivity contribution in [1.29, 1.82) is 0 Å². The number of para-hydroxylation sites is 1. The van der Waals surface area contributed by atoms with Gasteiger partial charge in [0.1, 0.15) is 5.75 Å². The third kappa shape index (κ3) is 2.90. The summed E-state index contributed by atoms with van der Waals surface area (Å²) in [7, 11) is 0. The van der Waals surface area contributed by atoms with Crippen molar-refractivity contribution in [2.75, 3.05) is 18.1 Å². The van der Waals surface area contributed by atoms with Crippen molar-refractivity contribution in [3.05, 3.63) is 23.8 Å². The summed E-state index contributed by atoms with van der Waals surface area (Å²) >= 11 is 6.29. The summed E-state index contributed by atoms with van der Waals surface area (Å²) < 4.78 is 5.87. The largest absolute Gasteiger partial charge is 0.492 e. The molecule has 1 aliphatic rings. The molecule has 0 radical (unpaired) electrons. The first-order valence-corrected chi connectivity index (χ1v) is 7.98. The second kappa shape index (κ2) is 5.85. The Morgan fingerprint density at radius 3 is 2.75 bits per heavy atom. The summed E-state index contributed by atoms with van der Waals surface area (Å²) in [6.45, 7) is 12.5. The summed E-state index contributed by atoms with van der Waals surface area (Å²) in [4.78, 5) is 2.44. The van der Waals surface area contributed by atoms with Gasteiger partial charge in [0.2, 0.25) is 0 Å². The zero-order valence-corrected chi connectivity index (χ0v) is 14.0. The molecule has 0 spiro atoms. The smallest absolute Gasteiger partial charge is 0.142 e.